The summed E-state index contributed by atoms with van der Waals surface area (Å²) >= 11 is 0. The minimum absolute atomic E-state index is 0.0203. The van der Waals surface area contributed by atoms with E-state index in [0.29, 0.717) is 0 Å². The molecule has 1 aliphatic heterocycles. The van der Waals surface area contributed by atoms with Crippen molar-refractivity contribution in [1.82, 2.24) is 0 Å². The van der Waals surface area contributed by atoms with Gasteiger partial charge >= 0.3 is 5.97 Å². The molecule has 0 aliphatic carbocycles. The largest absolute Gasteiger partial charge is 0.481 e. The van der Waals surface area contributed by atoms with Crippen molar-refractivity contribution in [3.63, 3.8) is 0 Å². The van der Waals surface area contributed by atoms with Gasteiger partial charge in [-0.05, 0) is 25.8 Å². The normalized spacial score (nSPS) is 30.6. The molecule has 1 aliphatic rings. The van der Waals surface area contributed by atoms with E-state index in [1.165, 1.54) is 0 Å². The van der Waals surface area contributed by atoms with E-state index < -0.39 is 11.6 Å². The monoisotopic (exact) mass is 210 g/mol. The molecular weight excluding hydrogens is 196 g/mol. The average molecular weight is 210 g/mol. The van der Waals surface area contributed by atoms with Crippen molar-refractivity contribution < 1.29 is 19.1 Å². The van der Waals surface area contributed by atoms with Gasteiger partial charge in [0.15, 0.2) is 0 Å². The molecule has 0 bridgehead atoms. The van der Waals surface area contributed by atoms with Crippen LogP contribution in [0.25, 0.3) is 0 Å². The summed E-state index contributed by atoms with van der Waals surface area (Å²) in [4.78, 5) is 10.7. The van der Waals surface area contributed by atoms with Crippen LogP contribution in [0.2, 0.25) is 0 Å². The molecule has 4 nitrogen and oxygen atoms in total. The van der Waals surface area contributed by atoms with Crippen molar-refractivity contribution in [3.8, 4) is 0 Å². The fourth-order valence-electron chi connectivity index (χ4n) is 2.04. The highest BCUT2D eigenvalue weighted by Crippen LogP contribution is 2.41. The summed E-state index contributed by atoms with van der Waals surface area (Å²) < 4.78 is 10.7. The average Bonchev–Trinajstić information content (AvgIpc) is 2.71. The lowest BCUT2D eigenvalue weighted by Crippen LogP contribution is -2.27. The Hall–Kier alpha value is -1.29. The summed E-state index contributed by atoms with van der Waals surface area (Å²) in [6, 6.07) is 1.86. The molecule has 1 N–H and O–H groups in total. The molecule has 0 aromatic carbocycles. The van der Waals surface area contributed by atoms with Gasteiger partial charge in [0.25, 0.3) is 0 Å². The highest BCUT2D eigenvalue weighted by Gasteiger charge is 2.38. The van der Waals surface area contributed by atoms with Crippen molar-refractivity contribution in [2.24, 2.45) is 0 Å². The second kappa shape index (κ2) is 3.70. The van der Waals surface area contributed by atoms with E-state index in [4.69, 9.17) is 14.3 Å². The van der Waals surface area contributed by atoms with Crippen molar-refractivity contribution in [3.05, 3.63) is 24.2 Å². The second-order valence-electron chi connectivity index (χ2n) is 4.22. The summed E-state index contributed by atoms with van der Waals surface area (Å²) in [5, 5.41) is 8.76. The molecule has 15 heavy (non-hydrogen) atoms. The number of aliphatic carboxylic acids is 1. The Labute approximate surface area is 87.8 Å². The summed E-state index contributed by atoms with van der Waals surface area (Å²) in [6.07, 6.45) is 4.91. The standard InChI is InChI=1S/C11H14O4/c1-11(6-10(12)13)4-2-9(15-11)8-3-5-14-7-8/h3,5,7,9H,2,4,6H2,1H3,(H,12,13). The first kappa shape index (κ1) is 10.2. The molecule has 2 atom stereocenters. The third-order valence-corrected chi connectivity index (χ3v) is 2.80. The van der Waals surface area contributed by atoms with E-state index >= 15 is 0 Å². The van der Waals surface area contributed by atoms with Crippen molar-refractivity contribution in [1.29, 1.82) is 0 Å². The number of carboxylic acids is 1. The van der Waals surface area contributed by atoms with Crippen LogP contribution >= 0.6 is 0 Å². The lowest BCUT2D eigenvalue weighted by molar-refractivity contribution is -0.144. The predicted octanol–water partition coefficient (Wildman–Crippen LogP) is 2.36. The summed E-state index contributed by atoms with van der Waals surface area (Å²) in [6.45, 7) is 1.85. The molecule has 2 unspecified atom stereocenters. The van der Waals surface area contributed by atoms with Crippen molar-refractivity contribution in [2.45, 2.75) is 37.9 Å². The number of carboxylic acid groups (broad SMARTS) is 1. The van der Waals surface area contributed by atoms with Gasteiger partial charge < -0.3 is 14.3 Å². The van der Waals surface area contributed by atoms with Crippen LogP contribution in [-0.2, 0) is 9.53 Å². The number of ether oxygens (including phenoxy) is 1. The Morgan fingerprint density at radius 1 is 1.73 bits per heavy atom. The molecule has 0 radical (unpaired) electrons. The summed E-state index contributed by atoms with van der Waals surface area (Å²) in [5.41, 5.74) is 0.456. The number of rotatable bonds is 3. The van der Waals surface area contributed by atoms with Crippen molar-refractivity contribution in [2.75, 3.05) is 0 Å². The zero-order valence-electron chi connectivity index (χ0n) is 8.60. The van der Waals surface area contributed by atoms with Crippen LogP contribution in [-0.4, -0.2) is 16.7 Å². The molecule has 1 saturated heterocycles. The minimum atomic E-state index is -0.814. The van der Waals surface area contributed by atoms with E-state index in [9.17, 15) is 4.79 Å². The number of furan rings is 1. The second-order valence-corrected chi connectivity index (χ2v) is 4.22. The molecule has 1 aromatic rings. The molecule has 0 amide bonds. The van der Waals surface area contributed by atoms with Gasteiger partial charge in [-0.1, -0.05) is 0 Å². The molecule has 4 heteroatoms. The van der Waals surface area contributed by atoms with Gasteiger partial charge in [0.1, 0.15) is 0 Å². The molecule has 1 fully saturated rings. The SMILES string of the molecule is CC1(CC(=O)O)CCC(c2ccoc2)O1. The van der Waals surface area contributed by atoms with Gasteiger partial charge in [-0.2, -0.15) is 0 Å². The highest BCUT2D eigenvalue weighted by molar-refractivity contribution is 5.68. The number of hydrogen-bond donors (Lipinski definition) is 1. The Morgan fingerprint density at radius 2 is 2.53 bits per heavy atom. The van der Waals surface area contributed by atoms with Gasteiger partial charge in [-0.25, -0.2) is 0 Å². The zero-order chi connectivity index (χ0) is 10.9. The molecule has 0 spiro atoms. The predicted molar refractivity (Wildman–Crippen MR) is 52.4 cm³/mol. The fourth-order valence-corrected chi connectivity index (χ4v) is 2.04. The van der Waals surface area contributed by atoms with Gasteiger partial charge in [0, 0.05) is 5.56 Å². The van der Waals surface area contributed by atoms with Gasteiger partial charge in [-0.3, -0.25) is 4.79 Å². The van der Waals surface area contributed by atoms with Crippen molar-refractivity contribution >= 4 is 5.97 Å². The smallest absolute Gasteiger partial charge is 0.306 e. The van der Waals surface area contributed by atoms with Gasteiger partial charge in [-0.15, -0.1) is 0 Å². The van der Waals surface area contributed by atoms with Crippen LogP contribution in [0.15, 0.2) is 23.0 Å². The van der Waals surface area contributed by atoms with Gasteiger partial charge in [0.05, 0.1) is 30.7 Å². The molecule has 2 rings (SSSR count). The third-order valence-electron chi connectivity index (χ3n) is 2.80. The van der Waals surface area contributed by atoms with Crippen LogP contribution in [0.1, 0.15) is 37.9 Å². The maximum atomic E-state index is 10.7. The molecule has 1 aromatic heterocycles. The van der Waals surface area contributed by atoms with Crippen LogP contribution in [0.3, 0.4) is 0 Å². The Morgan fingerprint density at radius 3 is 3.13 bits per heavy atom. The van der Waals surface area contributed by atoms with E-state index in [1.54, 1.807) is 12.5 Å². The summed E-state index contributed by atoms with van der Waals surface area (Å²) in [5.74, 6) is -0.814. The highest BCUT2D eigenvalue weighted by atomic mass is 16.5. The Kier molecular flexibility index (Phi) is 2.52. The number of hydrogen-bond acceptors (Lipinski definition) is 3. The summed E-state index contributed by atoms with van der Waals surface area (Å²) in [7, 11) is 0. The Bertz CT molecular complexity index is 343. The van der Waals surface area contributed by atoms with E-state index in [1.807, 2.05) is 13.0 Å². The zero-order valence-corrected chi connectivity index (χ0v) is 8.60. The minimum Gasteiger partial charge on any atom is -0.481 e. The first-order valence-corrected chi connectivity index (χ1v) is 5.01. The number of carbonyl (C=O) groups is 1. The molecule has 0 saturated carbocycles. The van der Waals surface area contributed by atoms with E-state index in [2.05, 4.69) is 0 Å². The maximum Gasteiger partial charge on any atom is 0.306 e. The lowest BCUT2D eigenvalue weighted by atomic mass is 9.98. The van der Waals surface area contributed by atoms with Crippen LogP contribution in [0, 0.1) is 0 Å². The third kappa shape index (κ3) is 2.21. The van der Waals surface area contributed by atoms with E-state index in [0.717, 1.165) is 18.4 Å². The van der Waals surface area contributed by atoms with Crippen LogP contribution in [0.4, 0.5) is 0 Å². The quantitative estimate of drug-likeness (QED) is 0.831. The van der Waals surface area contributed by atoms with E-state index in [-0.39, 0.29) is 12.5 Å². The van der Waals surface area contributed by atoms with Crippen LogP contribution in [0.5, 0.6) is 0 Å². The lowest BCUT2D eigenvalue weighted by Gasteiger charge is -2.22. The Balaban J connectivity index is 2.03. The molecular formula is C11H14O4. The first-order chi connectivity index (χ1) is 7.09. The van der Waals surface area contributed by atoms with Crippen LogP contribution < -0.4 is 0 Å². The molecule has 82 valence electrons. The fraction of sp³-hybridized carbons (Fsp3) is 0.545. The molecule has 2 heterocycles. The first-order valence-electron chi connectivity index (χ1n) is 5.01. The van der Waals surface area contributed by atoms with Gasteiger partial charge in [0.2, 0.25) is 0 Å². The maximum absolute atomic E-state index is 10.7. The topological polar surface area (TPSA) is 59.7 Å².